The van der Waals surface area contributed by atoms with Crippen molar-refractivity contribution in [2.24, 2.45) is 0 Å². The second-order valence-corrected chi connectivity index (χ2v) is 6.38. The SMILES string of the molecule is CSC1CCC(n2cncc2C2CCNC2)C1. The quantitative estimate of drug-likeness (QED) is 0.895. The molecule has 17 heavy (non-hydrogen) atoms. The molecule has 2 aliphatic rings. The van der Waals surface area contributed by atoms with E-state index in [2.05, 4.69) is 33.6 Å². The zero-order chi connectivity index (χ0) is 11.7. The lowest BCUT2D eigenvalue weighted by molar-refractivity contribution is 0.487. The Morgan fingerprint density at radius 2 is 2.35 bits per heavy atom. The monoisotopic (exact) mass is 251 g/mol. The molecular weight excluding hydrogens is 230 g/mol. The van der Waals surface area contributed by atoms with E-state index in [9.17, 15) is 0 Å². The van der Waals surface area contributed by atoms with Gasteiger partial charge in [-0.2, -0.15) is 11.8 Å². The molecule has 4 heteroatoms. The van der Waals surface area contributed by atoms with Crippen LogP contribution in [0.25, 0.3) is 0 Å². The van der Waals surface area contributed by atoms with E-state index in [-0.39, 0.29) is 0 Å². The average molecular weight is 251 g/mol. The minimum atomic E-state index is 0.686. The molecule has 3 atom stereocenters. The zero-order valence-corrected chi connectivity index (χ0v) is 11.2. The molecule has 1 aromatic rings. The predicted octanol–water partition coefficient (Wildman–Crippen LogP) is 2.42. The second-order valence-electron chi connectivity index (χ2n) is 5.24. The van der Waals surface area contributed by atoms with E-state index in [1.165, 1.54) is 31.4 Å². The lowest BCUT2D eigenvalue weighted by Crippen LogP contribution is -2.14. The van der Waals surface area contributed by atoms with Gasteiger partial charge < -0.3 is 9.88 Å². The molecule has 94 valence electrons. The van der Waals surface area contributed by atoms with Crippen LogP contribution in [0.5, 0.6) is 0 Å². The van der Waals surface area contributed by atoms with Gasteiger partial charge in [-0.25, -0.2) is 4.98 Å². The van der Waals surface area contributed by atoms with Crippen LogP contribution in [0, 0.1) is 0 Å². The molecule has 1 saturated carbocycles. The van der Waals surface area contributed by atoms with Crippen molar-refractivity contribution in [3.8, 4) is 0 Å². The summed E-state index contributed by atoms with van der Waals surface area (Å²) in [6, 6.07) is 0.700. The summed E-state index contributed by atoms with van der Waals surface area (Å²) in [5.74, 6) is 0.686. The van der Waals surface area contributed by atoms with Gasteiger partial charge in [0.1, 0.15) is 0 Å². The van der Waals surface area contributed by atoms with Gasteiger partial charge in [-0.05, 0) is 38.5 Å². The van der Waals surface area contributed by atoms with E-state index in [0.717, 1.165) is 18.3 Å². The third-order valence-electron chi connectivity index (χ3n) is 4.26. The van der Waals surface area contributed by atoms with Crippen LogP contribution in [0.2, 0.25) is 0 Å². The first kappa shape index (κ1) is 11.6. The van der Waals surface area contributed by atoms with Crippen LogP contribution in [0.4, 0.5) is 0 Å². The van der Waals surface area contributed by atoms with Gasteiger partial charge in [-0.1, -0.05) is 0 Å². The second kappa shape index (κ2) is 5.02. The topological polar surface area (TPSA) is 29.9 Å². The summed E-state index contributed by atoms with van der Waals surface area (Å²) in [4.78, 5) is 4.39. The summed E-state index contributed by atoms with van der Waals surface area (Å²) >= 11 is 2.03. The summed E-state index contributed by atoms with van der Waals surface area (Å²) in [5.41, 5.74) is 1.46. The number of hydrogen-bond acceptors (Lipinski definition) is 3. The molecule has 0 spiro atoms. The van der Waals surface area contributed by atoms with Gasteiger partial charge in [-0.15, -0.1) is 0 Å². The molecule has 3 nitrogen and oxygen atoms in total. The van der Waals surface area contributed by atoms with Crippen molar-refractivity contribution in [3.63, 3.8) is 0 Å². The maximum atomic E-state index is 4.39. The molecule has 0 amide bonds. The molecule has 1 aliphatic heterocycles. The lowest BCUT2D eigenvalue weighted by atomic mass is 10.0. The van der Waals surface area contributed by atoms with Crippen LogP contribution >= 0.6 is 11.8 Å². The van der Waals surface area contributed by atoms with E-state index in [4.69, 9.17) is 0 Å². The maximum absolute atomic E-state index is 4.39. The molecule has 2 heterocycles. The van der Waals surface area contributed by atoms with Crippen molar-refractivity contribution in [1.82, 2.24) is 14.9 Å². The van der Waals surface area contributed by atoms with E-state index in [1.807, 2.05) is 11.8 Å². The fraction of sp³-hybridized carbons (Fsp3) is 0.769. The van der Waals surface area contributed by atoms with Crippen molar-refractivity contribution < 1.29 is 0 Å². The van der Waals surface area contributed by atoms with Gasteiger partial charge in [0.15, 0.2) is 0 Å². The zero-order valence-electron chi connectivity index (χ0n) is 10.4. The number of thioether (sulfide) groups is 1. The molecule has 3 unspecified atom stereocenters. The third kappa shape index (κ3) is 2.25. The fourth-order valence-electron chi connectivity index (χ4n) is 3.23. The summed E-state index contributed by atoms with van der Waals surface area (Å²) in [5, 5.41) is 4.31. The highest BCUT2D eigenvalue weighted by Gasteiger charge is 2.28. The van der Waals surface area contributed by atoms with Gasteiger partial charge in [0.25, 0.3) is 0 Å². The first-order chi connectivity index (χ1) is 8.38. The Balaban J connectivity index is 1.77. The van der Waals surface area contributed by atoms with Crippen LogP contribution in [-0.2, 0) is 0 Å². The van der Waals surface area contributed by atoms with Crippen molar-refractivity contribution in [2.75, 3.05) is 19.3 Å². The molecule has 1 N–H and O–H groups in total. The Bertz CT molecular complexity index is 370. The molecule has 0 radical (unpaired) electrons. The van der Waals surface area contributed by atoms with Gasteiger partial charge in [0, 0.05) is 35.6 Å². The van der Waals surface area contributed by atoms with Crippen LogP contribution in [-0.4, -0.2) is 34.1 Å². The lowest BCUT2D eigenvalue weighted by Gasteiger charge is -2.18. The van der Waals surface area contributed by atoms with Gasteiger partial charge >= 0.3 is 0 Å². The van der Waals surface area contributed by atoms with Crippen LogP contribution in [0.15, 0.2) is 12.5 Å². The summed E-state index contributed by atoms with van der Waals surface area (Å²) in [7, 11) is 0. The van der Waals surface area contributed by atoms with Gasteiger partial charge in [0.2, 0.25) is 0 Å². The van der Waals surface area contributed by atoms with Crippen LogP contribution < -0.4 is 5.32 Å². The van der Waals surface area contributed by atoms with E-state index in [0.29, 0.717) is 12.0 Å². The highest BCUT2D eigenvalue weighted by atomic mass is 32.2. The number of aromatic nitrogens is 2. The normalized spacial score (nSPS) is 33.4. The van der Waals surface area contributed by atoms with Crippen LogP contribution in [0.3, 0.4) is 0 Å². The van der Waals surface area contributed by atoms with Crippen LogP contribution in [0.1, 0.15) is 43.3 Å². The largest absolute Gasteiger partial charge is 0.331 e. The first-order valence-electron chi connectivity index (χ1n) is 6.63. The van der Waals surface area contributed by atoms with Gasteiger partial charge in [-0.3, -0.25) is 0 Å². The average Bonchev–Trinajstić information content (AvgIpc) is 3.09. The first-order valence-corrected chi connectivity index (χ1v) is 7.92. The minimum Gasteiger partial charge on any atom is -0.331 e. The number of hydrogen-bond donors (Lipinski definition) is 1. The Morgan fingerprint density at radius 1 is 1.41 bits per heavy atom. The Hall–Kier alpha value is -0.480. The van der Waals surface area contributed by atoms with E-state index < -0.39 is 0 Å². The van der Waals surface area contributed by atoms with Crippen molar-refractivity contribution in [2.45, 2.75) is 42.9 Å². The summed E-state index contributed by atoms with van der Waals surface area (Å²) < 4.78 is 2.47. The smallest absolute Gasteiger partial charge is 0.0950 e. The molecule has 0 aromatic carbocycles. The van der Waals surface area contributed by atoms with Crippen molar-refractivity contribution >= 4 is 11.8 Å². The summed E-state index contributed by atoms with van der Waals surface area (Å²) in [6.45, 7) is 2.29. The molecule has 1 saturated heterocycles. The molecule has 1 aliphatic carbocycles. The number of nitrogens with one attached hydrogen (secondary N) is 1. The summed E-state index contributed by atoms with van der Waals surface area (Å²) in [6.07, 6.45) is 11.7. The van der Waals surface area contributed by atoms with Crippen molar-refractivity contribution in [3.05, 3.63) is 18.2 Å². The molecule has 1 aromatic heterocycles. The number of imidazole rings is 1. The predicted molar refractivity (Wildman–Crippen MR) is 72.6 cm³/mol. The fourth-order valence-corrected chi connectivity index (χ4v) is 4.01. The van der Waals surface area contributed by atoms with E-state index in [1.54, 1.807) is 0 Å². The van der Waals surface area contributed by atoms with Gasteiger partial charge in [0.05, 0.1) is 6.33 Å². The Morgan fingerprint density at radius 3 is 3.06 bits per heavy atom. The minimum absolute atomic E-state index is 0.686. The van der Waals surface area contributed by atoms with E-state index >= 15 is 0 Å². The standard InChI is InChI=1S/C13H21N3S/c1-17-12-3-2-11(6-12)16-9-15-8-13(16)10-4-5-14-7-10/h8-12,14H,2-7H2,1H3. The third-order valence-corrected chi connectivity index (χ3v) is 5.35. The highest BCUT2D eigenvalue weighted by Crippen LogP contribution is 2.38. The molecule has 3 rings (SSSR count). The Labute approximate surface area is 107 Å². The highest BCUT2D eigenvalue weighted by molar-refractivity contribution is 7.99. The molecular formula is C13H21N3S. The molecule has 2 fully saturated rings. The Kier molecular flexibility index (Phi) is 3.43. The number of nitrogens with zero attached hydrogens (tertiary/aromatic N) is 2. The molecule has 0 bridgehead atoms. The maximum Gasteiger partial charge on any atom is 0.0950 e. The number of rotatable bonds is 3. The van der Waals surface area contributed by atoms with Crippen molar-refractivity contribution in [1.29, 1.82) is 0 Å².